The van der Waals surface area contributed by atoms with Gasteiger partial charge < -0.3 is 0 Å². The number of rotatable bonds is 1. The molecule has 4 aromatic rings. The number of hydrogen-bond donors (Lipinski definition) is 0. The van der Waals surface area contributed by atoms with Gasteiger partial charge >= 0.3 is 0 Å². The Balaban J connectivity index is 2.08. The predicted molar refractivity (Wildman–Crippen MR) is 83.2 cm³/mol. The Kier molecular flexibility index (Phi) is 2.51. The van der Waals surface area contributed by atoms with E-state index in [1.807, 2.05) is 35.6 Å². The van der Waals surface area contributed by atoms with Crippen LogP contribution in [-0.2, 0) is 0 Å². The van der Waals surface area contributed by atoms with Crippen molar-refractivity contribution in [2.45, 2.75) is 13.8 Å². The SMILES string of the molecule is Cc1ccc(-c2nnc3c4ccccc4nc(C)n23)cc1. The minimum atomic E-state index is 0.834. The maximum atomic E-state index is 4.66. The summed E-state index contributed by atoms with van der Waals surface area (Å²) >= 11 is 0. The van der Waals surface area contributed by atoms with Gasteiger partial charge in [0.2, 0.25) is 0 Å². The number of para-hydroxylation sites is 1. The maximum Gasteiger partial charge on any atom is 0.171 e. The van der Waals surface area contributed by atoms with Crippen LogP contribution in [0, 0.1) is 13.8 Å². The van der Waals surface area contributed by atoms with Crippen molar-refractivity contribution in [1.82, 2.24) is 19.6 Å². The molecule has 0 bridgehead atoms. The van der Waals surface area contributed by atoms with E-state index in [-0.39, 0.29) is 0 Å². The standard InChI is InChI=1S/C17H14N4/c1-11-7-9-13(10-8-11)16-19-20-17-14-5-3-4-6-15(14)18-12(2)21(16)17/h3-10H,1-2H3. The quantitative estimate of drug-likeness (QED) is 0.533. The number of nitrogens with zero attached hydrogens (tertiary/aromatic N) is 4. The van der Waals surface area contributed by atoms with Gasteiger partial charge in [-0.05, 0) is 26.0 Å². The van der Waals surface area contributed by atoms with Crippen LogP contribution >= 0.6 is 0 Å². The highest BCUT2D eigenvalue weighted by molar-refractivity contribution is 5.92. The van der Waals surface area contributed by atoms with Crippen LogP contribution < -0.4 is 0 Å². The summed E-state index contributed by atoms with van der Waals surface area (Å²) in [6, 6.07) is 16.3. The molecule has 21 heavy (non-hydrogen) atoms. The first-order chi connectivity index (χ1) is 10.2. The molecule has 4 nitrogen and oxygen atoms in total. The van der Waals surface area contributed by atoms with Gasteiger partial charge in [-0.2, -0.15) is 0 Å². The van der Waals surface area contributed by atoms with Gasteiger partial charge in [-0.1, -0.05) is 42.0 Å². The van der Waals surface area contributed by atoms with Crippen LogP contribution in [0.3, 0.4) is 0 Å². The summed E-state index contributed by atoms with van der Waals surface area (Å²) < 4.78 is 2.02. The molecule has 0 radical (unpaired) electrons. The molecule has 0 aliphatic rings. The Bertz CT molecular complexity index is 952. The van der Waals surface area contributed by atoms with Crippen LogP contribution in [-0.4, -0.2) is 19.6 Å². The average molecular weight is 274 g/mol. The Morgan fingerprint density at radius 3 is 2.43 bits per heavy atom. The Labute approximate surface area is 122 Å². The smallest absolute Gasteiger partial charge is 0.171 e. The summed E-state index contributed by atoms with van der Waals surface area (Å²) in [5.74, 6) is 1.73. The highest BCUT2D eigenvalue weighted by Gasteiger charge is 2.13. The van der Waals surface area contributed by atoms with Crippen LogP contribution in [0.2, 0.25) is 0 Å². The highest BCUT2D eigenvalue weighted by atomic mass is 15.3. The van der Waals surface area contributed by atoms with E-state index in [2.05, 4.69) is 46.4 Å². The van der Waals surface area contributed by atoms with Gasteiger partial charge in [-0.15, -0.1) is 10.2 Å². The fourth-order valence-electron chi connectivity index (χ4n) is 2.64. The number of aromatic nitrogens is 4. The first-order valence-corrected chi connectivity index (χ1v) is 6.91. The van der Waals surface area contributed by atoms with Crippen molar-refractivity contribution in [3.8, 4) is 11.4 Å². The zero-order valence-electron chi connectivity index (χ0n) is 11.9. The molecule has 4 heteroatoms. The average Bonchev–Trinajstić information content (AvgIpc) is 2.94. The third-order valence-electron chi connectivity index (χ3n) is 3.72. The van der Waals surface area contributed by atoms with Crippen LogP contribution in [0.5, 0.6) is 0 Å². The van der Waals surface area contributed by atoms with Crippen LogP contribution in [0.4, 0.5) is 0 Å². The molecule has 0 aliphatic heterocycles. The number of aryl methyl sites for hydroxylation is 2. The van der Waals surface area contributed by atoms with Crippen molar-refractivity contribution in [2.24, 2.45) is 0 Å². The lowest BCUT2D eigenvalue weighted by Gasteiger charge is -2.06. The summed E-state index contributed by atoms with van der Waals surface area (Å²) in [6.07, 6.45) is 0. The van der Waals surface area contributed by atoms with E-state index >= 15 is 0 Å². The molecule has 0 N–H and O–H groups in total. The van der Waals surface area contributed by atoms with Gasteiger partial charge in [0.1, 0.15) is 5.82 Å². The molecule has 0 unspecified atom stereocenters. The molecule has 2 aromatic heterocycles. The van der Waals surface area contributed by atoms with Crippen molar-refractivity contribution < 1.29 is 0 Å². The monoisotopic (exact) mass is 274 g/mol. The molecule has 0 amide bonds. The maximum absolute atomic E-state index is 4.66. The second kappa shape index (κ2) is 4.38. The molecule has 0 saturated heterocycles. The van der Waals surface area contributed by atoms with E-state index in [9.17, 15) is 0 Å². The lowest BCUT2D eigenvalue weighted by Crippen LogP contribution is -1.99. The van der Waals surface area contributed by atoms with Crippen LogP contribution in [0.1, 0.15) is 11.4 Å². The lowest BCUT2D eigenvalue weighted by molar-refractivity contribution is 1.01. The van der Waals surface area contributed by atoms with Crippen molar-refractivity contribution in [3.05, 3.63) is 59.9 Å². The third kappa shape index (κ3) is 1.80. The first-order valence-electron chi connectivity index (χ1n) is 6.91. The molecule has 4 rings (SSSR count). The zero-order valence-corrected chi connectivity index (χ0v) is 11.9. The van der Waals surface area contributed by atoms with Crippen molar-refractivity contribution in [1.29, 1.82) is 0 Å². The second-order valence-electron chi connectivity index (χ2n) is 5.22. The molecule has 2 heterocycles. The van der Waals surface area contributed by atoms with E-state index in [4.69, 9.17) is 0 Å². The van der Waals surface area contributed by atoms with Crippen molar-refractivity contribution in [2.75, 3.05) is 0 Å². The molecule has 2 aromatic carbocycles. The highest BCUT2D eigenvalue weighted by Crippen LogP contribution is 2.24. The van der Waals surface area contributed by atoms with E-state index < -0.39 is 0 Å². The number of benzene rings is 2. The summed E-state index contributed by atoms with van der Waals surface area (Å²) in [5.41, 5.74) is 4.08. The summed E-state index contributed by atoms with van der Waals surface area (Å²) in [6.45, 7) is 4.06. The first kappa shape index (κ1) is 12.0. The second-order valence-corrected chi connectivity index (χ2v) is 5.22. The van der Waals surface area contributed by atoms with E-state index in [1.54, 1.807) is 0 Å². The van der Waals surface area contributed by atoms with Gasteiger partial charge in [-0.3, -0.25) is 4.40 Å². The van der Waals surface area contributed by atoms with Crippen LogP contribution in [0.25, 0.3) is 27.9 Å². The molecule has 0 spiro atoms. The fourth-order valence-corrected chi connectivity index (χ4v) is 2.64. The van der Waals surface area contributed by atoms with E-state index in [1.165, 1.54) is 5.56 Å². The zero-order chi connectivity index (χ0) is 14.4. The van der Waals surface area contributed by atoms with Gasteiger partial charge in [0.25, 0.3) is 0 Å². The van der Waals surface area contributed by atoms with Gasteiger partial charge in [0.05, 0.1) is 5.52 Å². The Hall–Kier alpha value is -2.75. The Morgan fingerprint density at radius 2 is 1.62 bits per heavy atom. The Morgan fingerprint density at radius 1 is 0.857 bits per heavy atom. The summed E-state index contributed by atoms with van der Waals surface area (Å²) in [5, 5.41) is 9.78. The molecule has 0 saturated carbocycles. The van der Waals surface area contributed by atoms with Gasteiger partial charge in [0.15, 0.2) is 11.5 Å². The van der Waals surface area contributed by atoms with E-state index in [0.29, 0.717) is 0 Å². The number of fused-ring (bicyclic) bond motifs is 3. The molecule has 0 fully saturated rings. The van der Waals surface area contributed by atoms with E-state index in [0.717, 1.165) is 33.8 Å². The summed E-state index contributed by atoms with van der Waals surface area (Å²) in [4.78, 5) is 4.66. The molecular weight excluding hydrogens is 260 g/mol. The largest absolute Gasteiger partial charge is 0.262 e. The third-order valence-corrected chi connectivity index (χ3v) is 3.72. The lowest BCUT2D eigenvalue weighted by atomic mass is 10.1. The molecule has 0 aliphatic carbocycles. The summed E-state index contributed by atoms with van der Waals surface area (Å²) in [7, 11) is 0. The molecule has 102 valence electrons. The topological polar surface area (TPSA) is 43.1 Å². The molecule has 0 atom stereocenters. The fraction of sp³-hybridized carbons (Fsp3) is 0.118. The normalized spacial score (nSPS) is 11.3. The van der Waals surface area contributed by atoms with Crippen LogP contribution in [0.15, 0.2) is 48.5 Å². The number of hydrogen-bond acceptors (Lipinski definition) is 3. The van der Waals surface area contributed by atoms with Gasteiger partial charge in [-0.25, -0.2) is 4.98 Å². The predicted octanol–water partition coefficient (Wildman–Crippen LogP) is 3.56. The molecular formula is C17H14N4. The van der Waals surface area contributed by atoms with Crippen molar-refractivity contribution in [3.63, 3.8) is 0 Å². The van der Waals surface area contributed by atoms with Gasteiger partial charge in [0, 0.05) is 10.9 Å². The minimum absolute atomic E-state index is 0.834. The van der Waals surface area contributed by atoms with Crippen molar-refractivity contribution >= 4 is 16.6 Å². The minimum Gasteiger partial charge on any atom is -0.262 e.